The van der Waals surface area contributed by atoms with Crippen LogP contribution in [0.4, 0.5) is 0 Å². The molecule has 0 saturated heterocycles. The number of esters is 1. The number of aliphatic imine (C=N–C) groups is 1. The molecule has 0 saturated carbocycles. The molecule has 2 atom stereocenters. The van der Waals surface area contributed by atoms with Crippen LogP contribution in [0.5, 0.6) is 11.5 Å². The molecule has 0 spiro atoms. The van der Waals surface area contributed by atoms with Crippen LogP contribution >= 0.6 is 11.6 Å². The molecular formula is C35H41ClN2O7. The van der Waals surface area contributed by atoms with E-state index in [1.165, 1.54) is 0 Å². The fraction of sp³-hybridized carbons (Fsp3) is 0.400. The molecule has 0 radical (unpaired) electrons. The Bertz CT molecular complexity index is 1490. The number of carbonyl (C=O) groups is 2. The molecule has 1 amide bonds. The molecule has 0 unspecified atom stereocenters. The van der Waals surface area contributed by atoms with Crippen LogP contribution in [0.3, 0.4) is 0 Å². The van der Waals surface area contributed by atoms with Crippen LogP contribution in [0.2, 0.25) is 5.02 Å². The van der Waals surface area contributed by atoms with E-state index >= 15 is 0 Å². The summed E-state index contributed by atoms with van der Waals surface area (Å²) >= 11 is 6.36. The Balaban J connectivity index is 1.70. The van der Waals surface area contributed by atoms with Crippen molar-refractivity contribution in [2.75, 3.05) is 26.9 Å². The molecule has 0 aromatic heterocycles. The van der Waals surface area contributed by atoms with Gasteiger partial charge in [-0.2, -0.15) is 0 Å². The van der Waals surface area contributed by atoms with Crippen molar-refractivity contribution < 1.29 is 33.6 Å². The second kappa shape index (κ2) is 15.3. The molecular weight excluding hydrogens is 596 g/mol. The highest BCUT2D eigenvalue weighted by atomic mass is 35.5. The molecule has 1 heterocycles. The van der Waals surface area contributed by atoms with E-state index in [4.69, 9.17) is 40.6 Å². The SMILES string of the molecule is COc1cccc([C@H]2OC(c3ccc(OCCCO)cc3)=N[C@@]2(CCC(=O)OC(C)(C)C)C(=O)NCCc2ccccc2Cl)c1. The number of methoxy groups -OCH3 is 1. The lowest BCUT2D eigenvalue weighted by molar-refractivity contribution is -0.155. The Kier molecular flexibility index (Phi) is 11.5. The second-order valence-corrected chi connectivity index (χ2v) is 12.2. The van der Waals surface area contributed by atoms with Crippen LogP contribution in [0, 0.1) is 0 Å². The third-order valence-electron chi connectivity index (χ3n) is 7.19. The maximum atomic E-state index is 14.3. The van der Waals surface area contributed by atoms with Gasteiger partial charge < -0.3 is 29.4 Å². The Morgan fingerprint density at radius 2 is 1.80 bits per heavy atom. The zero-order chi connectivity index (χ0) is 32.5. The molecule has 45 heavy (non-hydrogen) atoms. The smallest absolute Gasteiger partial charge is 0.306 e. The fourth-order valence-corrected chi connectivity index (χ4v) is 5.26. The highest BCUT2D eigenvalue weighted by Crippen LogP contribution is 2.44. The van der Waals surface area contributed by atoms with Crippen molar-refractivity contribution in [1.82, 2.24) is 5.32 Å². The summed E-state index contributed by atoms with van der Waals surface area (Å²) in [6.45, 7) is 6.12. The number of halogens is 1. The maximum Gasteiger partial charge on any atom is 0.306 e. The summed E-state index contributed by atoms with van der Waals surface area (Å²) in [5.74, 6) is 0.654. The lowest BCUT2D eigenvalue weighted by Gasteiger charge is -2.31. The molecule has 240 valence electrons. The van der Waals surface area contributed by atoms with E-state index < -0.39 is 23.2 Å². The van der Waals surface area contributed by atoms with E-state index in [-0.39, 0.29) is 31.3 Å². The van der Waals surface area contributed by atoms with Crippen LogP contribution in [-0.4, -0.2) is 60.9 Å². The minimum atomic E-state index is -1.50. The van der Waals surface area contributed by atoms with Crippen molar-refractivity contribution in [3.8, 4) is 11.5 Å². The Morgan fingerprint density at radius 1 is 1.04 bits per heavy atom. The van der Waals surface area contributed by atoms with Crippen LogP contribution in [0.25, 0.3) is 0 Å². The molecule has 10 heteroatoms. The summed E-state index contributed by atoms with van der Waals surface area (Å²) in [5, 5.41) is 12.7. The quantitative estimate of drug-likeness (QED) is 0.169. The van der Waals surface area contributed by atoms with Gasteiger partial charge in [-0.15, -0.1) is 0 Å². The summed E-state index contributed by atoms with van der Waals surface area (Å²) in [7, 11) is 1.57. The van der Waals surface area contributed by atoms with Crippen LogP contribution in [0.15, 0.2) is 77.8 Å². The summed E-state index contributed by atoms with van der Waals surface area (Å²) in [5.41, 5.74) is 0.0210. The number of ether oxygens (including phenoxy) is 4. The lowest BCUT2D eigenvalue weighted by Crippen LogP contribution is -2.49. The average Bonchev–Trinajstić information content (AvgIpc) is 3.42. The van der Waals surface area contributed by atoms with Gasteiger partial charge in [0.1, 0.15) is 17.1 Å². The number of hydrogen-bond acceptors (Lipinski definition) is 8. The summed E-state index contributed by atoms with van der Waals surface area (Å²) in [6.07, 6.45) is 0.130. The van der Waals surface area contributed by atoms with Crippen molar-refractivity contribution in [1.29, 1.82) is 0 Å². The van der Waals surface area contributed by atoms with E-state index in [0.717, 1.165) is 5.56 Å². The van der Waals surface area contributed by atoms with Crippen molar-refractivity contribution >= 4 is 29.4 Å². The predicted octanol–water partition coefficient (Wildman–Crippen LogP) is 5.85. The van der Waals surface area contributed by atoms with Gasteiger partial charge in [-0.25, -0.2) is 4.99 Å². The molecule has 0 bridgehead atoms. The number of aliphatic hydroxyl groups excluding tert-OH is 1. The van der Waals surface area contributed by atoms with E-state index in [1.807, 2.05) is 42.5 Å². The summed E-state index contributed by atoms with van der Waals surface area (Å²) < 4.78 is 23.3. The fourth-order valence-electron chi connectivity index (χ4n) is 5.02. The molecule has 3 aromatic carbocycles. The summed E-state index contributed by atoms with van der Waals surface area (Å²) in [4.78, 5) is 32.2. The van der Waals surface area contributed by atoms with Crippen LogP contribution in [-0.2, 0) is 25.5 Å². The van der Waals surface area contributed by atoms with Gasteiger partial charge in [0.2, 0.25) is 5.90 Å². The zero-order valence-corrected chi connectivity index (χ0v) is 26.9. The first-order valence-corrected chi connectivity index (χ1v) is 15.4. The largest absolute Gasteiger partial charge is 0.497 e. The first kappa shape index (κ1) is 33.8. The number of rotatable bonds is 14. The van der Waals surface area contributed by atoms with Gasteiger partial charge in [-0.1, -0.05) is 41.9 Å². The van der Waals surface area contributed by atoms with Crippen molar-refractivity contribution in [3.63, 3.8) is 0 Å². The number of amides is 1. The van der Waals surface area contributed by atoms with Gasteiger partial charge in [-0.3, -0.25) is 9.59 Å². The van der Waals surface area contributed by atoms with Crippen LogP contribution in [0.1, 0.15) is 62.8 Å². The molecule has 9 nitrogen and oxygen atoms in total. The van der Waals surface area contributed by atoms with Gasteiger partial charge >= 0.3 is 5.97 Å². The van der Waals surface area contributed by atoms with Gasteiger partial charge in [-0.05, 0) is 87.2 Å². The van der Waals surface area contributed by atoms with E-state index in [0.29, 0.717) is 53.6 Å². The Morgan fingerprint density at radius 3 is 2.49 bits per heavy atom. The van der Waals surface area contributed by atoms with E-state index in [2.05, 4.69) is 5.32 Å². The topological polar surface area (TPSA) is 116 Å². The number of benzene rings is 3. The molecule has 2 N–H and O–H groups in total. The van der Waals surface area contributed by atoms with Crippen molar-refractivity contribution in [3.05, 3.63) is 94.5 Å². The van der Waals surface area contributed by atoms with Gasteiger partial charge in [0, 0.05) is 36.6 Å². The third-order valence-corrected chi connectivity index (χ3v) is 7.56. The predicted molar refractivity (Wildman–Crippen MR) is 173 cm³/mol. The maximum absolute atomic E-state index is 14.3. The molecule has 0 fully saturated rings. The molecule has 4 rings (SSSR count). The van der Waals surface area contributed by atoms with E-state index in [9.17, 15) is 9.59 Å². The van der Waals surface area contributed by atoms with E-state index in [1.54, 1.807) is 58.2 Å². The van der Waals surface area contributed by atoms with Crippen LogP contribution < -0.4 is 14.8 Å². The molecule has 1 aliphatic rings. The summed E-state index contributed by atoms with van der Waals surface area (Å²) in [6, 6.07) is 21.9. The van der Waals surface area contributed by atoms with Gasteiger partial charge in [0.25, 0.3) is 5.91 Å². The highest BCUT2D eigenvalue weighted by Gasteiger charge is 2.53. The normalized spacial score (nSPS) is 17.6. The second-order valence-electron chi connectivity index (χ2n) is 11.7. The first-order valence-electron chi connectivity index (χ1n) is 15.0. The average molecular weight is 637 g/mol. The van der Waals surface area contributed by atoms with Crippen molar-refractivity contribution in [2.24, 2.45) is 4.99 Å². The van der Waals surface area contributed by atoms with Crippen molar-refractivity contribution in [2.45, 2.75) is 63.7 Å². The minimum absolute atomic E-state index is 0.0353. The number of nitrogens with zero attached hydrogens (tertiary/aromatic N) is 1. The minimum Gasteiger partial charge on any atom is -0.497 e. The first-order chi connectivity index (χ1) is 21.5. The Hall–Kier alpha value is -4.08. The highest BCUT2D eigenvalue weighted by molar-refractivity contribution is 6.31. The number of aliphatic hydroxyl groups is 1. The standard InChI is InChI=1S/C35H41ClN2O7/c1-34(2,3)45-30(40)17-19-35(33(41)37-20-18-24-9-5-6-12-29(24)36)31(26-10-7-11-28(23-26)42-4)44-32(38-35)25-13-15-27(16-14-25)43-22-8-21-39/h5-7,9-16,23,31,39H,8,17-22H2,1-4H3,(H,37,41)/t31-,35-/m1/s1. The lowest BCUT2D eigenvalue weighted by atomic mass is 9.83. The number of carbonyl (C=O) groups excluding carboxylic acids is 2. The molecule has 1 aliphatic heterocycles. The monoisotopic (exact) mass is 636 g/mol. The zero-order valence-electron chi connectivity index (χ0n) is 26.2. The van der Waals surface area contributed by atoms with Gasteiger partial charge in [0.15, 0.2) is 11.6 Å². The molecule has 3 aromatic rings. The van der Waals surface area contributed by atoms with Gasteiger partial charge in [0.05, 0.1) is 13.7 Å². The third kappa shape index (κ3) is 8.99. The Labute approximate surface area is 269 Å². The number of nitrogens with one attached hydrogen (secondary N) is 1. The molecule has 0 aliphatic carbocycles. The number of hydrogen-bond donors (Lipinski definition) is 2.